The highest BCUT2D eigenvalue weighted by molar-refractivity contribution is 5.70. The van der Waals surface area contributed by atoms with Gasteiger partial charge in [-0.15, -0.1) is 0 Å². The van der Waals surface area contributed by atoms with E-state index in [0.29, 0.717) is 6.42 Å². The first-order valence-corrected chi connectivity index (χ1v) is 20.0. The van der Waals surface area contributed by atoms with E-state index in [-0.39, 0.29) is 84.3 Å². The molecule has 0 bridgehead atoms. The number of hydrogen-bond acceptors (Lipinski definition) is 10. The molecule has 51 heavy (non-hydrogen) atoms. The van der Waals surface area contributed by atoms with Gasteiger partial charge in [-0.25, -0.2) is 0 Å². The van der Waals surface area contributed by atoms with E-state index in [1.54, 1.807) is 14.0 Å². The normalized spacial score (nSPS) is 54.2. The fraction of sp³-hybridized carbons (Fsp3) is 0.975. The molecule has 6 aliphatic heterocycles. The third-order valence-electron chi connectivity index (χ3n) is 14.4. The van der Waals surface area contributed by atoms with Gasteiger partial charge >= 0.3 is 5.97 Å². The maximum Gasteiger partial charge on any atom is 0.308 e. The van der Waals surface area contributed by atoms with Crippen LogP contribution in [0.5, 0.6) is 0 Å². The predicted molar refractivity (Wildman–Crippen MR) is 189 cm³/mol. The van der Waals surface area contributed by atoms with Crippen LogP contribution in [0, 0.1) is 41.4 Å². The number of ether oxygens (including phenoxy) is 7. The summed E-state index contributed by atoms with van der Waals surface area (Å²) in [5.41, 5.74) is -1.10. The van der Waals surface area contributed by atoms with Gasteiger partial charge in [0, 0.05) is 37.7 Å². The van der Waals surface area contributed by atoms with E-state index < -0.39 is 41.3 Å². The second-order valence-corrected chi connectivity index (χ2v) is 18.4. The average Bonchev–Trinajstić information content (AvgIpc) is 3.75. The van der Waals surface area contributed by atoms with Gasteiger partial charge in [0.05, 0.1) is 72.6 Å². The molecule has 1 spiro atoms. The highest BCUT2D eigenvalue weighted by Crippen LogP contribution is 2.57. The summed E-state index contributed by atoms with van der Waals surface area (Å²) >= 11 is 0. The van der Waals surface area contributed by atoms with Crippen LogP contribution < -0.4 is 0 Å². The van der Waals surface area contributed by atoms with Gasteiger partial charge in [0.1, 0.15) is 0 Å². The molecule has 294 valence electrons. The van der Waals surface area contributed by atoms with Crippen molar-refractivity contribution in [2.24, 2.45) is 41.4 Å². The largest absolute Gasteiger partial charge is 0.481 e. The first-order chi connectivity index (χ1) is 23.9. The van der Waals surface area contributed by atoms with E-state index in [1.165, 1.54) is 0 Å². The van der Waals surface area contributed by atoms with Crippen LogP contribution >= 0.6 is 0 Å². The van der Waals surface area contributed by atoms with Crippen molar-refractivity contribution in [1.82, 2.24) is 0 Å². The van der Waals surface area contributed by atoms with Gasteiger partial charge in [-0.3, -0.25) is 4.79 Å². The zero-order chi connectivity index (χ0) is 37.3. The van der Waals surface area contributed by atoms with Crippen LogP contribution in [0.1, 0.15) is 120 Å². The maximum absolute atomic E-state index is 11.8. The van der Waals surface area contributed by atoms with Gasteiger partial charge in [-0.2, -0.15) is 0 Å². The van der Waals surface area contributed by atoms with Gasteiger partial charge in [0.15, 0.2) is 11.6 Å². The molecule has 0 radical (unpaired) electrons. The van der Waals surface area contributed by atoms with Gasteiger partial charge in [-0.05, 0) is 83.5 Å². The molecule has 0 aliphatic carbocycles. The summed E-state index contributed by atoms with van der Waals surface area (Å²) in [6.07, 6.45) is 5.85. The summed E-state index contributed by atoms with van der Waals surface area (Å²) in [5, 5.41) is 30.7. The monoisotopic (exact) mass is 724 g/mol. The lowest BCUT2D eigenvalue weighted by molar-refractivity contribution is -0.353. The van der Waals surface area contributed by atoms with Crippen molar-refractivity contribution >= 4 is 5.97 Å². The summed E-state index contributed by atoms with van der Waals surface area (Å²) in [5.74, 6) is -3.26. The molecule has 0 unspecified atom stereocenters. The molecule has 0 saturated carbocycles. The van der Waals surface area contributed by atoms with Crippen LogP contribution in [-0.2, 0) is 38.0 Å². The lowest BCUT2D eigenvalue weighted by atomic mass is 9.78. The summed E-state index contributed by atoms with van der Waals surface area (Å²) in [4.78, 5) is 11.8. The quantitative estimate of drug-likeness (QED) is 0.269. The van der Waals surface area contributed by atoms with Crippen LogP contribution in [0.2, 0.25) is 0 Å². The van der Waals surface area contributed by atoms with Crippen molar-refractivity contribution in [2.75, 3.05) is 13.7 Å². The number of carboxylic acid groups (broad SMARTS) is 1. The maximum atomic E-state index is 11.8. The van der Waals surface area contributed by atoms with E-state index in [9.17, 15) is 20.1 Å². The molecule has 6 heterocycles. The molecule has 19 atom stereocenters. The Kier molecular flexibility index (Phi) is 11.4. The molecule has 11 heteroatoms. The van der Waals surface area contributed by atoms with Gasteiger partial charge in [-0.1, -0.05) is 41.5 Å². The van der Waals surface area contributed by atoms with Crippen molar-refractivity contribution in [3.63, 3.8) is 0 Å². The summed E-state index contributed by atoms with van der Waals surface area (Å²) in [6, 6.07) is 0. The van der Waals surface area contributed by atoms with Crippen LogP contribution in [0.25, 0.3) is 0 Å². The fourth-order valence-corrected chi connectivity index (χ4v) is 11.3. The first kappa shape index (κ1) is 39.8. The highest BCUT2D eigenvalue weighted by atomic mass is 16.7. The van der Waals surface area contributed by atoms with E-state index in [2.05, 4.69) is 48.5 Å². The molecule has 6 rings (SSSR count). The van der Waals surface area contributed by atoms with Crippen molar-refractivity contribution in [3.8, 4) is 0 Å². The smallest absolute Gasteiger partial charge is 0.308 e. The number of aliphatic hydroxyl groups excluding tert-OH is 1. The predicted octanol–water partition coefficient (Wildman–Crippen LogP) is 5.71. The Hall–Kier alpha value is -0.890. The topological polar surface area (TPSA) is 142 Å². The van der Waals surface area contributed by atoms with E-state index in [0.717, 1.165) is 51.4 Å². The van der Waals surface area contributed by atoms with Gasteiger partial charge in [0.2, 0.25) is 0 Å². The Labute approximate surface area is 305 Å². The summed E-state index contributed by atoms with van der Waals surface area (Å²) in [7, 11) is 1.77. The molecular weight excluding hydrogens is 656 g/mol. The SMILES string of the molecule is CO[C@@H]1C[C@H](C[C@@H]2CC[C@H](C)[C@H]([C@@H](C)C(=O)O)O2)O[C@]2(O[C@](C)([C@@H]3CC[C@](C)([C@@H]4O[C@@H]([C@@H]5O[C@](O)(CO)[C@@H](C)C[C@H]5C)C[C@H]4C)O3)C[C@H]2C)[C@@H]1C. The van der Waals surface area contributed by atoms with Crippen LogP contribution in [0.3, 0.4) is 0 Å². The highest BCUT2D eigenvalue weighted by Gasteiger charge is 2.65. The third-order valence-corrected chi connectivity index (χ3v) is 14.4. The molecule has 0 amide bonds. The third kappa shape index (κ3) is 7.19. The van der Waals surface area contributed by atoms with Crippen molar-refractivity contribution < 1.29 is 53.3 Å². The molecule has 0 aromatic heterocycles. The molecule has 6 saturated heterocycles. The minimum atomic E-state index is -1.55. The van der Waals surface area contributed by atoms with E-state index in [1.807, 2.05) is 6.92 Å². The number of rotatable bonds is 9. The molecular formula is C40H68O11. The van der Waals surface area contributed by atoms with Gasteiger partial charge in [0.25, 0.3) is 0 Å². The number of hydrogen-bond donors (Lipinski definition) is 3. The van der Waals surface area contributed by atoms with E-state index >= 15 is 0 Å². The zero-order valence-corrected chi connectivity index (χ0v) is 32.8. The van der Waals surface area contributed by atoms with Gasteiger partial charge < -0.3 is 48.5 Å². The Morgan fingerprint density at radius 2 is 1.59 bits per heavy atom. The molecule has 0 aromatic rings. The average molecular weight is 725 g/mol. The summed E-state index contributed by atoms with van der Waals surface area (Å²) in [6.45, 7) is 18.4. The van der Waals surface area contributed by atoms with E-state index in [4.69, 9.17) is 33.2 Å². The molecule has 11 nitrogen and oxygen atoms in total. The Balaban J connectivity index is 1.13. The number of aliphatic carboxylic acids is 1. The Morgan fingerprint density at radius 1 is 0.863 bits per heavy atom. The van der Waals surface area contributed by atoms with Crippen LogP contribution in [0.15, 0.2) is 0 Å². The number of methoxy groups -OCH3 is 1. The number of aliphatic hydroxyl groups is 2. The number of carbonyl (C=O) groups is 1. The summed E-state index contributed by atoms with van der Waals surface area (Å²) < 4.78 is 47.0. The van der Waals surface area contributed by atoms with Crippen LogP contribution in [0.4, 0.5) is 0 Å². The first-order valence-electron chi connectivity index (χ1n) is 20.0. The van der Waals surface area contributed by atoms with Crippen molar-refractivity contribution in [1.29, 1.82) is 0 Å². The Bertz CT molecular complexity index is 1230. The number of carboxylic acids is 1. The Morgan fingerprint density at radius 3 is 2.25 bits per heavy atom. The second-order valence-electron chi connectivity index (χ2n) is 18.4. The van der Waals surface area contributed by atoms with Crippen LogP contribution in [-0.4, -0.2) is 107 Å². The minimum Gasteiger partial charge on any atom is -0.481 e. The lowest BCUT2D eigenvalue weighted by Gasteiger charge is -2.50. The lowest BCUT2D eigenvalue weighted by Crippen LogP contribution is -2.58. The molecule has 3 N–H and O–H groups in total. The second kappa shape index (κ2) is 14.6. The molecule has 6 fully saturated rings. The van der Waals surface area contributed by atoms with Crippen molar-refractivity contribution in [3.05, 3.63) is 0 Å². The minimum absolute atomic E-state index is 0.00727. The fourth-order valence-electron chi connectivity index (χ4n) is 11.3. The molecule has 6 aliphatic rings. The zero-order valence-electron chi connectivity index (χ0n) is 32.8. The molecule has 0 aromatic carbocycles. The standard InChI is InChI=1S/C40H68O11/c1-21-11-12-28(46-33(21)26(6)36(42)43)17-29-18-30(45-10)27(7)40(48-29)25(5)19-38(9,51-40)32-13-14-37(8,49-32)35-23(3)16-31(47-35)34-22(2)15-24(4)39(44,20-41)50-34/h21-35,41,44H,11-20H2,1-10H3,(H,42,43)/t21-,22+,23+,24-,25+,26+,27+,28-,29-,30+,31+,32-,33+,34+,35+,37+,38-,39+,40+/m0/s1. The van der Waals surface area contributed by atoms with Crippen molar-refractivity contribution in [2.45, 2.75) is 192 Å².